The molecule has 8 heteroatoms. The zero-order valence-electron chi connectivity index (χ0n) is 27.1. The molecule has 1 heterocycles. The topological polar surface area (TPSA) is 128 Å². The second-order valence-electron chi connectivity index (χ2n) is 16.9. The van der Waals surface area contributed by atoms with Gasteiger partial charge in [-0.3, -0.25) is 9.59 Å². The van der Waals surface area contributed by atoms with E-state index in [2.05, 4.69) is 34.6 Å². The number of esters is 2. The van der Waals surface area contributed by atoms with Crippen LogP contribution in [0.2, 0.25) is 0 Å². The Bertz CT molecular complexity index is 1130. The lowest BCUT2D eigenvalue weighted by molar-refractivity contribution is -0.216. The molecule has 13 atom stereocenters. The SMILES string of the molecule is CC(=O)O[C@@H](C1C[C@@H](C)C2C(O1)[C@H](O)[C@@]1(C)[C@@H]3CC[C@H]4C(C)(C)C(OC(=O)CN)CC[C@@]45CC35CC[C@]21C)C(C)(C)O. The maximum Gasteiger partial charge on any atom is 0.319 e. The van der Waals surface area contributed by atoms with Crippen molar-refractivity contribution in [3.05, 3.63) is 0 Å². The lowest BCUT2D eigenvalue weighted by atomic mass is 9.41. The number of carbonyl (C=O) groups is 2. The number of carbonyl (C=O) groups excluding carboxylic acids is 2. The third-order valence-electron chi connectivity index (χ3n) is 14.5. The van der Waals surface area contributed by atoms with Gasteiger partial charge in [-0.25, -0.2) is 0 Å². The Morgan fingerprint density at radius 2 is 1.69 bits per heavy atom. The van der Waals surface area contributed by atoms with Gasteiger partial charge in [0.05, 0.1) is 30.5 Å². The lowest BCUT2D eigenvalue weighted by Crippen LogP contribution is -2.60. The minimum absolute atomic E-state index is 0.0790. The molecule has 0 aromatic carbocycles. The van der Waals surface area contributed by atoms with E-state index in [0.29, 0.717) is 18.3 Å². The summed E-state index contributed by atoms with van der Waals surface area (Å²) in [5.41, 5.74) is 4.27. The van der Waals surface area contributed by atoms with E-state index in [-0.39, 0.29) is 63.6 Å². The van der Waals surface area contributed by atoms with E-state index in [1.54, 1.807) is 13.8 Å². The van der Waals surface area contributed by atoms with Gasteiger partial charge in [-0.15, -0.1) is 0 Å². The molecule has 2 spiro atoms. The highest BCUT2D eigenvalue weighted by Crippen LogP contribution is 2.89. The van der Waals surface area contributed by atoms with Crippen molar-refractivity contribution in [3.8, 4) is 0 Å². The Labute approximate surface area is 251 Å². The molecule has 0 aromatic heterocycles. The number of fused-ring (bicyclic) bond motifs is 4. The molecule has 4 N–H and O–H groups in total. The van der Waals surface area contributed by atoms with Gasteiger partial charge >= 0.3 is 11.9 Å². The highest BCUT2D eigenvalue weighted by atomic mass is 16.6. The monoisotopic (exact) mass is 589 g/mol. The normalized spacial score (nSPS) is 51.1. The minimum Gasteiger partial charge on any atom is -0.461 e. The molecule has 5 aliphatic carbocycles. The Morgan fingerprint density at radius 3 is 2.31 bits per heavy atom. The van der Waals surface area contributed by atoms with Crippen molar-refractivity contribution in [3.63, 3.8) is 0 Å². The predicted octanol–water partition coefficient (Wildman–Crippen LogP) is 4.37. The molecular formula is C34H55NO7. The molecule has 0 aromatic rings. The Balaban J connectivity index is 1.31. The molecule has 6 aliphatic rings. The van der Waals surface area contributed by atoms with Gasteiger partial charge in [0.25, 0.3) is 0 Å². The van der Waals surface area contributed by atoms with E-state index in [4.69, 9.17) is 19.9 Å². The fraction of sp³-hybridized carbons (Fsp3) is 0.941. The molecule has 5 saturated carbocycles. The molecule has 8 nitrogen and oxygen atoms in total. The number of nitrogens with two attached hydrogens (primary N) is 1. The van der Waals surface area contributed by atoms with Crippen molar-refractivity contribution in [2.45, 2.75) is 143 Å². The molecule has 1 aliphatic heterocycles. The van der Waals surface area contributed by atoms with E-state index in [1.807, 2.05) is 0 Å². The summed E-state index contributed by atoms with van der Waals surface area (Å²) in [5.74, 6) is 0.575. The largest absolute Gasteiger partial charge is 0.461 e. The minimum atomic E-state index is -1.26. The van der Waals surface area contributed by atoms with Crippen LogP contribution in [0.1, 0.15) is 107 Å². The maximum atomic E-state index is 12.4. The first-order valence-corrected chi connectivity index (χ1v) is 16.5. The zero-order valence-corrected chi connectivity index (χ0v) is 27.1. The molecule has 1 saturated heterocycles. The number of aliphatic hydroxyl groups is 2. The third-order valence-corrected chi connectivity index (χ3v) is 14.5. The predicted molar refractivity (Wildman–Crippen MR) is 157 cm³/mol. The average Bonchev–Trinajstić information content (AvgIpc) is 3.52. The third kappa shape index (κ3) is 3.79. The fourth-order valence-electron chi connectivity index (χ4n) is 12.8. The van der Waals surface area contributed by atoms with Crippen molar-refractivity contribution < 1.29 is 34.0 Å². The second kappa shape index (κ2) is 9.40. The van der Waals surface area contributed by atoms with Crippen LogP contribution in [0.15, 0.2) is 0 Å². The number of aliphatic hydroxyl groups excluding tert-OH is 1. The van der Waals surface area contributed by atoms with Crippen LogP contribution >= 0.6 is 0 Å². The summed E-state index contributed by atoms with van der Waals surface area (Å²) in [6.07, 6.45) is 5.84. The summed E-state index contributed by atoms with van der Waals surface area (Å²) in [6, 6.07) is 0. The van der Waals surface area contributed by atoms with Gasteiger partial charge in [0, 0.05) is 17.8 Å². The Kier molecular flexibility index (Phi) is 6.89. The Morgan fingerprint density at radius 1 is 1.05 bits per heavy atom. The first kappa shape index (κ1) is 30.8. The number of ether oxygens (including phenoxy) is 3. The summed E-state index contributed by atoms with van der Waals surface area (Å²) in [6.45, 7) is 16.2. The molecule has 0 radical (unpaired) electrons. The highest BCUT2D eigenvalue weighted by molar-refractivity contribution is 5.71. The molecule has 6 fully saturated rings. The van der Waals surface area contributed by atoms with E-state index in [0.717, 1.165) is 32.1 Å². The summed E-state index contributed by atoms with van der Waals surface area (Å²) in [4.78, 5) is 24.2. The van der Waals surface area contributed by atoms with Gasteiger partial charge in [0.15, 0.2) is 6.10 Å². The number of hydrogen-bond acceptors (Lipinski definition) is 8. The zero-order chi connectivity index (χ0) is 30.8. The summed E-state index contributed by atoms with van der Waals surface area (Å²) in [7, 11) is 0. The summed E-state index contributed by atoms with van der Waals surface area (Å²) >= 11 is 0. The quantitative estimate of drug-likeness (QED) is 0.403. The summed E-state index contributed by atoms with van der Waals surface area (Å²) in [5, 5.41) is 23.4. The first-order chi connectivity index (χ1) is 19.4. The smallest absolute Gasteiger partial charge is 0.319 e. The fourth-order valence-corrected chi connectivity index (χ4v) is 12.8. The van der Waals surface area contributed by atoms with Gasteiger partial charge in [-0.2, -0.15) is 0 Å². The van der Waals surface area contributed by atoms with Gasteiger partial charge in [-0.05, 0) is 105 Å². The molecule has 238 valence electrons. The molecular weight excluding hydrogens is 534 g/mol. The molecule has 6 rings (SSSR count). The van der Waals surface area contributed by atoms with Gasteiger partial charge in [0.2, 0.25) is 0 Å². The molecule has 0 amide bonds. The van der Waals surface area contributed by atoms with Crippen LogP contribution in [-0.4, -0.2) is 64.8 Å². The Hall–Kier alpha value is -1.22. The van der Waals surface area contributed by atoms with Crippen LogP contribution in [0.25, 0.3) is 0 Å². The van der Waals surface area contributed by atoms with Crippen LogP contribution in [0.5, 0.6) is 0 Å². The lowest BCUT2D eigenvalue weighted by Gasteiger charge is -2.63. The van der Waals surface area contributed by atoms with Gasteiger partial charge in [-0.1, -0.05) is 34.6 Å². The van der Waals surface area contributed by atoms with E-state index >= 15 is 0 Å². The highest BCUT2D eigenvalue weighted by Gasteiger charge is 2.84. The number of rotatable bonds is 5. The van der Waals surface area contributed by atoms with Gasteiger partial charge in [0.1, 0.15) is 6.10 Å². The van der Waals surface area contributed by atoms with E-state index in [1.165, 1.54) is 19.8 Å². The van der Waals surface area contributed by atoms with Crippen molar-refractivity contribution in [2.24, 2.45) is 56.5 Å². The first-order valence-electron chi connectivity index (χ1n) is 16.5. The average molecular weight is 590 g/mol. The summed E-state index contributed by atoms with van der Waals surface area (Å²) < 4.78 is 18.3. The van der Waals surface area contributed by atoms with E-state index in [9.17, 15) is 19.8 Å². The van der Waals surface area contributed by atoms with Crippen molar-refractivity contribution in [1.82, 2.24) is 0 Å². The second-order valence-corrected chi connectivity index (χ2v) is 16.9. The molecule has 5 unspecified atom stereocenters. The molecule has 42 heavy (non-hydrogen) atoms. The van der Waals surface area contributed by atoms with Crippen molar-refractivity contribution >= 4 is 11.9 Å². The standard InChI is InChI=1S/C34H55NO7/c1-18-15-20(28(30(5,6)39)40-19(2)36)41-26-25(18)31(7)13-14-34-17-33(34)12-11-23(42-24(37)16-35)29(3,4)21(33)9-10-22(34)32(31,8)27(26)38/h18,20-23,25-28,38-39H,9-17,35H2,1-8H3/t18-,20?,21+,22+,23?,25?,26?,27+,28+,31-,32-,33-,34?/m1/s1. The van der Waals surface area contributed by atoms with Crippen LogP contribution in [0.3, 0.4) is 0 Å². The molecule has 0 bridgehead atoms. The van der Waals surface area contributed by atoms with Crippen LogP contribution in [0, 0.1) is 50.7 Å². The van der Waals surface area contributed by atoms with Crippen molar-refractivity contribution in [2.75, 3.05) is 6.54 Å². The van der Waals surface area contributed by atoms with E-state index < -0.39 is 29.9 Å². The maximum absolute atomic E-state index is 12.4. The van der Waals surface area contributed by atoms with Gasteiger partial charge < -0.3 is 30.2 Å². The van der Waals surface area contributed by atoms with Crippen LogP contribution < -0.4 is 5.73 Å². The number of hydrogen-bond donors (Lipinski definition) is 3. The van der Waals surface area contributed by atoms with Crippen LogP contribution in [0.4, 0.5) is 0 Å². The van der Waals surface area contributed by atoms with Crippen molar-refractivity contribution in [1.29, 1.82) is 0 Å². The van der Waals surface area contributed by atoms with Crippen LogP contribution in [-0.2, 0) is 23.8 Å².